The highest BCUT2D eigenvalue weighted by atomic mass is 35.5. The number of rotatable bonds is 5. The van der Waals surface area contributed by atoms with Crippen LogP contribution in [0.25, 0.3) is 0 Å². The monoisotopic (exact) mass is 407 g/mol. The number of anilines is 2. The van der Waals surface area contributed by atoms with Crippen LogP contribution in [0.1, 0.15) is 22.4 Å². The van der Waals surface area contributed by atoms with Gasteiger partial charge in [0.15, 0.2) is 0 Å². The van der Waals surface area contributed by atoms with Crippen molar-refractivity contribution in [2.24, 2.45) is 0 Å². The number of nitrogens with one attached hydrogen (secondary N) is 1. The number of ether oxygens (including phenoxy) is 1. The summed E-state index contributed by atoms with van der Waals surface area (Å²) < 4.78 is 4.99. The lowest BCUT2D eigenvalue weighted by atomic mass is 10.0. The van der Waals surface area contributed by atoms with Crippen molar-refractivity contribution in [1.29, 1.82) is 5.26 Å². The van der Waals surface area contributed by atoms with Gasteiger partial charge in [-0.1, -0.05) is 11.6 Å². The topological polar surface area (TPSA) is 99.9 Å². The van der Waals surface area contributed by atoms with E-state index in [4.69, 9.17) is 16.3 Å². The highest BCUT2D eigenvalue weighted by Crippen LogP contribution is 2.30. The summed E-state index contributed by atoms with van der Waals surface area (Å²) >= 11 is 6.04. The Kier molecular flexibility index (Phi) is 5.40. The minimum absolute atomic E-state index is 0.333. The highest BCUT2D eigenvalue weighted by Gasteiger charge is 2.23. The molecular formula is C20H18ClN7O. The molecule has 8 nitrogen and oxygen atoms in total. The Balaban J connectivity index is 1.55. The molecule has 4 rings (SSSR count). The molecule has 0 atom stereocenters. The van der Waals surface area contributed by atoms with Gasteiger partial charge in [-0.05, 0) is 18.2 Å². The second kappa shape index (κ2) is 8.29. The average molecular weight is 408 g/mol. The van der Waals surface area contributed by atoms with Crippen LogP contribution < -0.4 is 15.0 Å². The fourth-order valence-corrected chi connectivity index (χ4v) is 3.47. The summed E-state index contributed by atoms with van der Waals surface area (Å²) in [6.07, 6.45) is 5.77. The molecule has 0 aliphatic carbocycles. The summed E-state index contributed by atoms with van der Waals surface area (Å²) in [5.74, 6) is 0.767. The quantitative estimate of drug-likeness (QED) is 0.689. The van der Waals surface area contributed by atoms with Crippen molar-refractivity contribution >= 4 is 23.1 Å². The molecule has 0 fully saturated rings. The van der Waals surface area contributed by atoms with Crippen molar-refractivity contribution in [3.63, 3.8) is 0 Å². The number of benzene rings is 1. The van der Waals surface area contributed by atoms with Gasteiger partial charge in [0, 0.05) is 54.6 Å². The fraction of sp³-hybridized carbons (Fsp3) is 0.250. The first-order valence-electron chi connectivity index (χ1n) is 9.04. The second-order valence-electron chi connectivity index (χ2n) is 6.52. The molecule has 0 radical (unpaired) electrons. The summed E-state index contributed by atoms with van der Waals surface area (Å²) in [4.78, 5) is 19.3. The number of hydrogen-bond acceptors (Lipinski definition) is 8. The van der Waals surface area contributed by atoms with Crippen LogP contribution in [-0.2, 0) is 19.5 Å². The molecule has 3 aromatic rings. The molecule has 0 saturated carbocycles. The summed E-state index contributed by atoms with van der Waals surface area (Å²) in [7, 11) is 1.53. The molecule has 0 bridgehead atoms. The number of halogens is 1. The van der Waals surface area contributed by atoms with Gasteiger partial charge < -0.3 is 15.0 Å². The van der Waals surface area contributed by atoms with Crippen LogP contribution in [0.5, 0.6) is 6.01 Å². The Labute approximate surface area is 173 Å². The van der Waals surface area contributed by atoms with Crippen molar-refractivity contribution in [2.75, 3.05) is 23.9 Å². The Morgan fingerprint density at radius 3 is 2.83 bits per heavy atom. The highest BCUT2D eigenvalue weighted by molar-refractivity contribution is 6.30. The van der Waals surface area contributed by atoms with Gasteiger partial charge in [0.25, 0.3) is 0 Å². The van der Waals surface area contributed by atoms with Gasteiger partial charge in [-0.2, -0.15) is 5.26 Å². The predicted molar refractivity (Wildman–Crippen MR) is 109 cm³/mol. The van der Waals surface area contributed by atoms with E-state index in [1.807, 2.05) is 6.07 Å². The first-order valence-corrected chi connectivity index (χ1v) is 9.42. The van der Waals surface area contributed by atoms with E-state index in [1.54, 1.807) is 30.9 Å². The molecule has 9 heteroatoms. The third-order valence-corrected chi connectivity index (χ3v) is 4.98. The molecule has 0 amide bonds. The summed E-state index contributed by atoms with van der Waals surface area (Å²) in [5, 5.41) is 13.4. The molecule has 2 aromatic heterocycles. The zero-order valence-electron chi connectivity index (χ0n) is 15.8. The van der Waals surface area contributed by atoms with E-state index < -0.39 is 0 Å². The summed E-state index contributed by atoms with van der Waals surface area (Å²) in [6.45, 7) is 1.90. The lowest BCUT2D eigenvalue weighted by Gasteiger charge is -2.31. The van der Waals surface area contributed by atoms with Crippen molar-refractivity contribution in [2.45, 2.75) is 19.5 Å². The van der Waals surface area contributed by atoms with Crippen molar-refractivity contribution in [1.82, 2.24) is 19.9 Å². The van der Waals surface area contributed by atoms with Crippen molar-refractivity contribution < 1.29 is 4.74 Å². The largest absolute Gasteiger partial charge is 0.467 e. The first kappa shape index (κ1) is 18.9. The summed E-state index contributed by atoms with van der Waals surface area (Å²) in [6, 6.07) is 7.95. The zero-order chi connectivity index (χ0) is 20.2. The maximum Gasteiger partial charge on any atom is 0.316 e. The van der Waals surface area contributed by atoms with Crippen LogP contribution in [0.15, 0.2) is 36.9 Å². The Hall–Kier alpha value is -3.44. The molecular weight excluding hydrogens is 390 g/mol. The predicted octanol–water partition coefficient (Wildman–Crippen LogP) is 2.98. The van der Waals surface area contributed by atoms with Crippen LogP contribution in [0, 0.1) is 11.3 Å². The molecule has 0 spiro atoms. The van der Waals surface area contributed by atoms with E-state index in [1.165, 1.54) is 7.11 Å². The van der Waals surface area contributed by atoms with E-state index >= 15 is 0 Å². The Morgan fingerprint density at radius 1 is 1.24 bits per heavy atom. The van der Waals surface area contributed by atoms with E-state index in [0.717, 1.165) is 41.3 Å². The normalized spacial score (nSPS) is 12.8. The van der Waals surface area contributed by atoms with Crippen LogP contribution in [-0.4, -0.2) is 33.6 Å². The van der Waals surface area contributed by atoms with Gasteiger partial charge in [0.2, 0.25) is 0 Å². The van der Waals surface area contributed by atoms with Gasteiger partial charge in [0.05, 0.1) is 24.1 Å². The smallest absolute Gasteiger partial charge is 0.316 e. The molecule has 1 aliphatic heterocycles. The maximum atomic E-state index is 9.48. The lowest BCUT2D eigenvalue weighted by Crippen LogP contribution is -2.32. The number of fused-ring (bicyclic) bond motifs is 1. The molecule has 146 valence electrons. The number of nitrogens with zero attached hydrogens (tertiary/aromatic N) is 6. The molecule has 29 heavy (non-hydrogen) atoms. The second-order valence-corrected chi connectivity index (χ2v) is 6.96. The zero-order valence-corrected chi connectivity index (χ0v) is 16.5. The standard InChI is InChI=1S/C20H18ClN7O/c1-29-20-24-9-13(10-25-20)8-23-19-16-11-28(5-4-17(16)26-12-27-19)18-3-2-15(21)6-14(18)7-22/h2-3,6,9-10,12H,4-5,8,11H2,1H3,(H,23,26,27). The van der Waals surface area contributed by atoms with Crippen LogP contribution in [0.3, 0.4) is 0 Å². The molecule has 0 unspecified atom stereocenters. The van der Waals surface area contributed by atoms with E-state index in [0.29, 0.717) is 29.7 Å². The maximum absolute atomic E-state index is 9.48. The van der Waals surface area contributed by atoms with Gasteiger partial charge in [-0.25, -0.2) is 19.9 Å². The molecule has 1 aromatic carbocycles. The third-order valence-electron chi connectivity index (χ3n) is 4.75. The SMILES string of the molecule is COc1ncc(CNc2ncnc3c2CN(c2ccc(Cl)cc2C#N)CC3)cn1. The van der Waals surface area contributed by atoms with Gasteiger partial charge in [-0.3, -0.25) is 0 Å². The van der Waals surface area contributed by atoms with Crippen molar-refractivity contribution in [3.8, 4) is 12.1 Å². The number of aromatic nitrogens is 4. The molecule has 1 N–H and O–H groups in total. The van der Waals surface area contributed by atoms with Crippen molar-refractivity contribution in [3.05, 3.63) is 64.3 Å². The summed E-state index contributed by atoms with van der Waals surface area (Å²) in [5.41, 5.74) is 4.36. The lowest BCUT2D eigenvalue weighted by molar-refractivity contribution is 0.379. The van der Waals surface area contributed by atoms with Crippen LogP contribution >= 0.6 is 11.6 Å². The van der Waals surface area contributed by atoms with E-state index in [2.05, 4.69) is 36.2 Å². The van der Waals surface area contributed by atoms with Crippen LogP contribution in [0.4, 0.5) is 11.5 Å². The van der Waals surface area contributed by atoms with E-state index in [-0.39, 0.29) is 0 Å². The third kappa shape index (κ3) is 4.05. The number of methoxy groups -OCH3 is 1. The number of nitriles is 1. The first-order chi connectivity index (χ1) is 14.2. The Bertz CT molecular complexity index is 1070. The Morgan fingerprint density at radius 2 is 2.07 bits per heavy atom. The minimum Gasteiger partial charge on any atom is -0.467 e. The number of hydrogen-bond donors (Lipinski definition) is 1. The molecule has 1 aliphatic rings. The van der Waals surface area contributed by atoms with Gasteiger partial charge >= 0.3 is 6.01 Å². The fourth-order valence-electron chi connectivity index (χ4n) is 3.30. The molecule has 0 saturated heterocycles. The minimum atomic E-state index is 0.333. The van der Waals surface area contributed by atoms with Gasteiger partial charge in [-0.15, -0.1) is 0 Å². The average Bonchev–Trinajstić information content (AvgIpc) is 2.77. The molecule has 3 heterocycles. The van der Waals surface area contributed by atoms with Crippen LogP contribution in [0.2, 0.25) is 5.02 Å². The van der Waals surface area contributed by atoms with Gasteiger partial charge in [0.1, 0.15) is 18.2 Å². The van der Waals surface area contributed by atoms with E-state index in [9.17, 15) is 5.26 Å².